The number of allylic oxidation sites excluding steroid dienone is 10. The second-order valence-corrected chi connectivity index (χ2v) is 2.70. The van der Waals surface area contributed by atoms with Gasteiger partial charge in [0, 0.05) is 0 Å². The van der Waals surface area contributed by atoms with E-state index in [1.54, 1.807) is 12.2 Å². The first-order valence-electron chi connectivity index (χ1n) is 5.71. The Hall–Kier alpha value is -1.56. The summed E-state index contributed by atoms with van der Waals surface area (Å²) in [5, 5.41) is 0. The molecule has 0 unspecified atom stereocenters. The van der Waals surface area contributed by atoms with Crippen molar-refractivity contribution in [3.8, 4) is 0 Å². The Bertz CT molecular complexity index is 296. The van der Waals surface area contributed by atoms with Gasteiger partial charge in [-0.2, -0.15) is 0 Å². The topological polar surface area (TPSA) is 0 Å². The third kappa shape index (κ3) is 7.81. The van der Waals surface area contributed by atoms with E-state index < -0.39 is 0 Å². The van der Waals surface area contributed by atoms with Crippen molar-refractivity contribution in [3.63, 3.8) is 0 Å². The largest absolute Gasteiger partial charge is 0.0991 e. The van der Waals surface area contributed by atoms with Crippen molar-refractivity contribution in [2.45, 2.75) is 27.7 Å². The van der Waals surface area contributed by atoms with E-state index in [-0.39, 0.29) is 0 Å². The lowest BCUT2D eigenvalue weighted by molar-refractivity contribution is 1.49. The van der Waals surface area contributed by atoms with Crippen LogP contribution < -0.4 is 0 Å². The monoisotopic (exact) mass is 216 g/mol. The van der Waals surface area contributed by atoms with Crippen LogP contribution in [0, 0.1) is 0 Å². The molecule has 0 rings (SSSR count). The van der Waals surface area contributed by atoms with Crippen LogP contribution in [0.1, 0.15) is 27.7 Å². The highest BCUT2D eigenvalue weighted by Crippen LogP contribution is 2.13. The van der Waals surface area contributed by atoms with Gasteiger partial charge in [-0.1, -0.05) is 75.6 Å². The van der Waals surface area contributed by atoms with E-state index in [9.17, 15) is 0 Å². The fraction of sp³-hybridized carbons (Fsp3) is 0.250. The van der Waals surface area contributed by atoms with E-state index in [2.05, 4.69) is 25.3 Å². The zero-order chi connectivity index (χ0) is 12.8. The molecule has 0 heteroatoms. The second-order valence-electron chi connectivity index (χ2n) is 2.70. The highest BCUT2D eigenvalue weighted by atomic mass is 14.0. The molecule has 0 N–H and O–H groups in total. The van der Waals surface area contributed by atoms with Crippen molar-refractivity contribution in [3.05, 3.63) is 72.9 Å². The normalized spacial score (nSPS) is 12.5. The van der Waals surface area contributed by atoms with Crippen molar-refractivity contribution in [1.29, 1.82) is 0 Å². The summed E-state index contributed by atoms with van der Waals surface area (Å²) < 4.78 is 0. The molecule has 0 fully saturated rings. The maximum Gasteiger partial charge on any atom is -0.0191 e. The molecule has 0 bridgehead atoms. The Morgan fingerprint density at radius 2 is 1.50 bits per heavy atom. The number of hydrogen-bond donors (Lipinski definition) is 0. The molecular weight excluding hydrogens is 192 g/mol. The molecule has 0 aliphatic carbocycles. The third-order valence-electron chi connectivity index (χ3n) is 1.70. The average molecular weight is 216 g/mol. The highest BCUT2D eigenvalue weighted by molar-refractivity contribution is 5.47. The summed E-state index contributed by atoms with van der Waals surface area (Å²) in [6.07, 6.45) is 15.6. The molecule has 0 aromatic rings. The van der Waals surface area contributed by atoms with Gasteiger partial charge < -0.3 is 0 Å². The summed E-state index contributed by atoms with van der Waals surface area (Å²) in [4.78, 5) is 0. The van der Waals surface area contributed by atoms with Crippen LogP contribution in [-0.4, -0.2) is 0 Å². The average Bonchev–Trinajstić information content (AvgIpc) is 2.33. The van der Waals surface area contributed by atoms with Crippen molar-refractivity contribution >= 4 is 0 Å². The summed E-state index contributed by atoms with van der Waals surface area (Å²) in [6.45, 7) is 15.4. The Labute approximate surface area is 101 Å². The molecule has 0 nitrogen and oxygen atoms in total. The van der Waals surface area contributed by atoms with Gasteiger partial charge in [-0.3, -0.25) is 0 Å². The Balaban J connectivity index is 0. The van der Waals surface area contributed by atoms with Crippen LogP contribution in [0.4, 0.5) is 0 Å². The predicted molar refractivity (Wildman–Crippen MR) is 77.5 cm³/mol. The van der Waals surface area contributed by atoms with E-state index in [1.807, 2.05) is 52.0 Å². The van der Waals surface area contributed by atoms with Crippen molar-refractivity contribution in [2.75, 3.05) is 0 Å². The van der Waals surface area contributed by atoms with Crippen LogP contribution in [0.2, 0.25) is 0 Å². The second kappa shape index (κ2) is 13.4. The molecule has 0 aliphatic heterocycles. The minimum absolute atomic E-state index is 1.16. The van der Waals surface area contributed by atoms with Crippen molar-refractivity contribution in [1.82, 2.24) is 0 Å². The quantitative estimate of drug-likeness (QED) is 0.540. The van der Waals surface area contributed by atoms with Gasteiger partial charge in [0.25, 0.3) is 0 Å². The summed E-state index contributed by atoms with van der Waals surface area (Å²) in [7, 11) is 0. The molecule has 0 saturated heterocycles. The first kappa shape index (κ1) is 16.9. The van der Waals surface area contributed by atoms with Gasteiger partial charge in [0.2, 0.25) is 0 Å². The van der Waals surface area contributed by atoms with Crippen LogP contribution in [0.3, 0.4) is 0 Å². The highest BCUT2D eigenvalue weighted by Gasteiger charge is 1.94. The van der Waals surface area contributed by atoms with E-state index in [0.717, 1.165) is 5.57 Å². The standard InChI is InChI=1S/C14H18.C2H6/c1-5-9-12-13(8-4)14(10-6-2)11-7-3;1-2/h5-12H,1-2H2,3-4H3;1-2H3/b11-7-,12-9-,13-8+,14-10+;. The van der Waals surface area contributed by atoms with Gasteiger partial charge >= 0.3 is 0 Å². The zero-order valence-electron chi connectivity index (χ0n) is 11.0. The molecule has 0 amide bonds. The van der Waals surface area contributed by atoms with E-state index in [0.29, 0.717) is 0 Å². The van der Waals surface area contributed by atoms with Gasteiger partial charge in [0.15, 0.2) is 0 Å². The summed E-state index contributed by atoms with van der Waals surface area (Å²) >= 11 is 0. The summed E-state index contributed by atoms with van der Waals surface area (Å²) in [5.41, 5.74) is 2.33. The first-order chi connectivity index (χ1) is 7.79. The molecule has 0 aromatic carbocycles. The zero-order valence-corrected chi connectivity index (χ0v) is 11.0. The summed E-state index contributed by atoms with van der Waals surface area (Å²) in [5.74, 6) is 0. The predicted octanol–water partition coefficient (Wildman–Crippen LogP) is 5.39. The van der Waals surface area contributed by atoms with Gasteiger partial charge in [-0.15, -0.1) is 0 Å². The minimum atomic E-state index is 1.16. The fourth-order valence-electron chi connectivity index (χ4n) is 1.09. The molecule has 0 aromatic heterocycles. The molecule has 88 valence electrons. The maximum atomic E-state index is 3.70. The SMILES string of the molecule is C=C\C=C/C(=C\C)C(/C=C\C)=C/C=C.CC. The lowest BCUT2D eigenvalue weighted by atomic mass is 10.0. The molecule has 0 aliphatic rings. The number of rotatable bonds is 5. The van der Waals surface area contributed by atoms with Crippen molar-refractivity contribution in [2.24, 2.45) is 0 Å². The van der Waals surface area contributed by atoms with E-state index in [1.165, 1.54) is 5.57 Å². The van der Waals surface area contributed by atoms with E-state index in [4.69, 9.17) is 0 Å². The Morgan fingerprint density at radius 1 is 0.875 bits per heavy atom. The Morgan fingerprint density at radius 3 is 1.88 bits per heavy atom. The van der Waals surface area contributed by atoms with Crippen LogP contribution in [0.15, 0.2) is 72.9 Å². The molecule has 0 saturated carbocycles. The van der Waals surface area contributed by atoms with Crippen molar-refractivity contribution < 1.29 is 0 Å². The molecule has 0 heterocycles. The first-order valence-corrected chi connectivity index (χ1v) is 5.71. The lowest BCUT2D eigenvalue weighted by Crippen LogP contribution is -1.81. The van der Waals surface area contributed by atoms with Gasteiger partial charge in [-0.25, -0.2) is 0 Å². The molecule has 16 heavy (non-hydrogen) atoms. The smallest absolute Gasteiger partial charge is 0.0191 e. The van der Waals surface area contributed by atoms with Crippen LogP contribution in [-0.2, 0) is 0 Å². The molecular formula is C16H24. The number of hydrogen-bond acceptors (Lipinski definition) is 0. The van der Waals surface area contributed by atoms with Crippen LogP contribution in [0.25, 0.3) is 0 Å². The van der Waals surface area contributed by atoms with Gasteiger partial charge in [0.05, 0.1) is 0 Å². The maximum absolute atomic E-state index is 3.70. The molecule has 0 atom stereocenters. The minimum Gasteiger partial charge on any atom is -0.0991 e. The van der Waals surface area contributed by atoms with Crippen LogP contribution in [0.5, 0.6) is 0 Å². The fourth-order valence-corrected chi connectivity index (χ4v) is 1.09. The van der Waals surface area contributed by atoms with E-state index >= 15 is 0 Å². The Kier molecular flexibility index (Phi) is 14.2. The van der Waals surface area contributed by atoms with Gasteiger partial charge in [-0.05, 0) is 25.0 Å². The van der Waals surface area contributed by atoms with Crippen LogP contribution >= 0.6 is 0 Å². The van der Waals surface area contributed by atoms with Gasteiger partial charge in [0.1, 0.15) is 0 Å². The molecule has 0 radical (unpaired) electrons. The third-order valence-corrected chi connectivity index (χ3v) is 1.70. The summed E-state index contributed by atoms with van der Waals surface area (Å²) in [6, 6.07) is 0. The molecule has 0 spiro atoms. The lowest BCUT2D eigenvalue weighted by Gasteiger charge is -2.01.